The smallest absolute Gasteiger partial charge is 0.267 e. The number of aryl methyl sites for hydroxylation is 10. The minimum absolute atomic E-state index is 0.384. The molecule has 0 aliphatic heterocycles. The molecule has 0 aliphatic carbocycles. The molecule has 5 heterocycles. The lowest BCUT2D eigenvalue weighted by Crippen LogP contribution is -2.14. The van der Waals surface area contributed by atoms with Crippen molar-refractivity contribution < 1.29 is 34.7 Å². The van der Waals surface area contributed by atoms with Gasteiger partial charge in [0.1, 0.15) is 24.1 Å². The molecule has 0 fully saturated rings. The summed E-state index contributed by atoms with van der Waals surface area (Å²) in [5, 5.41) is 26.0. The number of carbonyl (C=O) groups excluding carboxylic acids is 3. The number of ether oxygens (including phenoxy) is 1. The Morgan fingerprint density at radius 3 is 1.05 bits per heavy atom. The Labute approximate surface area is 544 Å². The molecule has 6 N–H and O–H groups in total. The summed E-state index contributed by atoms with van der Waals surface area (Å²) in [5.41, 5.74) is 20.4. The summed E-state index contributed by atoms with van der Waals surface area (Å²) in [6.07, 6.45) is 22.3. The molecule has 0 spiro atoms. The van der Waals surface area contributed by atoms with Gasteiger partial charge in [0.25, 0.3) is 17.7 Å². The van der Waals surface area contributed by atoms with Gasteiger partial charge >= 0.3 is 0 Å². The third-order valence-corrected chi connectivity index (χ3v) is 15.6. The van der Waals surface area contributed by atoms with E-state index in [4.69, 9.17) is 35.3 Å². The molecule has 3 amide bonds. The van der Waals surface area contributed by atoms with Crippen molar-refractivity contribution in [3.63, 3.8) is 0 Å². The minimum Gasteiger partial charge on any atom is -0.369 e. The van der Waals surface area contributed by atoms with E-state index in [1.165, 1.54) is 40.5 Å². The highest BCUT2D eigenvalue weighted by atomic mass is 16.5. The fourth-order valence-corrected chi connectivity index (χ4v) is 10.9. The zero-order valence-electron chi connectivity index (χ0n) is 51.9. The Kier molecular flexibility index (Phi) is 23.9. The van der Waals surface area contributed by atoms with Crippen LogP contribution in [0.1, 0.15) is 67.5 Å². The van der Waals surface area contributed by atoms with Crippen LogP contribution in [0.5, 0.6) is 0 Å². The minimum atomic E-state index is -0.581. The second kappa shape index (κ2) is 34.2. The van der Waals surface area contributed by atoms with E-state index in [0.717, 1.165) is 143 Å². The second-order valence-corrected chi connectivity index (χ2v) is 22.1. The van der Waals surface area contributed by atoms with Crippen molar-refractivity contribution >= 4 is 69.0 Å². The standard InChI is InChI=1S/C26H25N3O2.C25H24N4O3.C25H24N4O2/c30-26(28-31)16-13-22-11-14-24-23(19-22)27-25(15-12-20-7-3-1-4-8-20)29(24)18-17-21-9-5-2-6-10-21;30-25(28-31)11-9-19-8-10-23-22(15-19)27-24(18-32-17-21-5-2-1-3-6-21)29(23)14-12-20-7-4-13-26-16-20;30-25(28-31)13-10-20-8-11-23-22(17-20)27-24(12-9-19-5-2-1-3-6-19)29(23)16-14-21-7-4-15-26-18-21/h1-11,13-14,16,19,31H,12,15,17-18H2,(H,28,30);1-11,13,15-16,31H,12,14,17-18H2,(H,28,30);1-8,10-11,13,15,17-18,31H,9,12,14,16H2,(H,28,30)/b16-13+;11-9+;13-10+. The molecule has 0 saturated carbocycles. The quantitative estimate of drug-likeness (QED) is 0.0178. The summed E-state index contributed by atoms with van der Waals surface area (Å²) in [4.78, 5) is 56.9. The summed E-state index contributed by atoms with van der Waals surface area (Å²) in [6.45, 7) is 3.31. The van der Waals surface area contributed by atoms with Crippen LogP contribution in [0.2, 0.25) is 0 Å². The van der Waals surface area contributed by atoms with Crippen LogP contribution in [-0.4, -0.2) is 72.0 Å². The number of nitrogens with one attached hydrogen (secondary N) is 3. The molecule has 94 heavy (non-hydrogen) atoms. The third-order valence-electron chi connectivity index (χ3n) is 15.6. The predicted octanol–water partition coefficient (Wildman–Crippen LogP) is 12.5. The fraction of sp³-hybridized carbons (Fsp3) is 0.158. The first-order valence-electron chi connectivity index (χ1n) is 31.0. The highest BCUT2D eigenvalue weighted by Gasteiger charge is 2.16. The van der Waals surface area contributed by atoms with E-state index in [1.54, 1.807) is 47.1 Å². The third kappa shape index (κ3) is 19.1. The van der Waals surface area contributed by atoms with Crippen molar-refractivity contribution in [1.29, 1.82) is 0 Å². The van der Waals surface area contributed by atoms with Crippen molar-refractivity contribution in [2.75, 3.05) is 0 Å². The Hall–Kier alpha value is -11.3. The number of aromatic nitrogens is 8. The molecular formula is C76H73N11O7. The largest absolute Gasteiger partial charge is 0.369 e. The Morgan fingerprint density at radius 1 is 0.362 bits per heavy atom. The van der Waals surface area contributed by atoms with E-state index in [0.29, 0.717) is 13.2 Å². The second-order valence-electron chi connectivity index (χ2n) is 22.1. The zero-order chi connectivity index (χ0) is 65.1. The average Bonchev–Trinajstić information content (AvgIpc) is 1.68. The van der Waals surface area contributed by atoms with E-state index in [1.807, 2.05) is 122 Å². The van der Waals surface area contributed by atoms with Gasteiger partial charge in [-0.25, -0.2) is 31.4 Å². The number of pyridine rings is 2. The normalized spacial score (nSPS) is 11.3. The molecule has 474 valence electrons. The maximum atomic E-state index is 11.3. The van der Waals surface area contributed by atoms with E-state index in [2.05, 4.69) is 115 Å². The van der Waals surface area contributed by atoms with Crippen molar-refractivity contribution in [3.05, 3.63) is 311 Å². The van der Waals surface area contributed by atoms with Crippen LogP contribution >= 0.6 is 0 Å². The van der Waals surface area contributed by atoms with E-state index in [9.17, 15) is 14.4 Å². The van der Waals surface area contributed by atoms with Crippen LogP contribution in [-0.2, 0) is 96.9 Å². The molecule has 12 rings (SSSR count). The summed E-state index contributed by atoms with van der Waals surface area (Å²) < 4.78 is 12.7. The van der Waals surface area contributed by atoms with Crippen molar-refractivity contribution in [2.45, 2.75) is 77.8 Å². The Bertz CT molecular complexity index is 4290. The summed E-state index contributed by atoms with van der Waals surface area (Å²) in [5.74, 6) is 1.24. The average molecular weight is 1250 g/mol. The van der Waals surface area contributed by atoms with Crippen LogP contribution in [0.15, 0.2) is 243 Å². The van der Waals surface area contributed by atoms with Gasteiger partial charge < -0.3 is 18.4 Å². The highest BCUT2D eigenvalue weighted by molar-refractivity contribution is 5.93. The van der Waals surface area contributed by atoms with Gasteiger partial charge in [-0.15, -0.1) is 0 Å². The first-order chi connectivity index (χ1) is 46.2. The number of carbonyl (C=O) groups is 3. The van der Waals surface area contributed by atoms with Crippen LogP contribution in [0.25, 0.3) is 51.3 Å². The monoisotopic (exact) mass is 1250 g/mol. The van der Waals surface area contributed by atoms with Gasteiger partial charge in [0, 0.05) is 75.5 Å². The zero-order valence-corrected chi connectivity index (χ0v) is 51.9. The SMILES string of the molecule is O=C(/C=C/c1ccc2c(c1)nc(CCc1ccccc1)n2CCc1ccccc1)NO.O=C(/C=C/c1ccc2c(c1)nc(CCc1ccccc1)n2CCc1cccnc1)NO.O=C(/C=C/c1ccc2c(c1)nc(COCc1ccccc1)n2CCc1cccnc1)NO. The molecule has 12 aromatic rings. The van der Waals surface area contributed by atoms with E-state index < -0.39 is 17.7 Å². The van der Waals surface area contributed by atoms with Gasteiger partial charge in [0.05, 0.1) is 39.7 Å². The molecule has 5 aromatic heterocycles. The van der Waals surface area contributed by atoms with Gasteiger partial charge in [0.2, 0.25) is 0 Å². The number of hydrogen-bond donors (Lipinski definition) is 6. The molecule has 0 unspecified atom stereocenters. The number of hydroxylamine groups is 3. The fourth-order valence-electron chi connectivity index (χ4n) is 10.9. The number of benzene rings is 7. The van der Waals surface area contributed by atoms with E-state index in [-0.39, 0.29) is 0 Å². The Balaban J connectivity index is 0.000000154. The van der Waals surface area contributed by atoms with Crippen molar-refractivity contribution in [3.8, 4) is 0 Å². The molecule has 0 aliphatic rings. The summed E-state index contributed by atoms with van der Waals surface area (Å²) in [6, 6.07) is 67.2. The maximum absolute atomic E-state index is 11.3. The number of amides is 3. The maximum Gasteiger partial charge on any atom is 0.267 e. The van der Waals surface area contributed by atoms with Gasteiger partial charge in [-0.1, -0.05) is 152 Å². The topological polar surface area (TPSA) is 236 Å². The van der Waals surface area contributed by atoms with Crippen molar-refractivity contribution in [2.24, 2.45) is 0 Å². The molecule has 0 radical (unpaired) electrons. The molecule has 7 aromatic carbocycles. The first kappa shape index (κ1) is 65.7. The predicted molar refractivity (Wildman–Crippen MR) is 365 cm³/mol. The number of nitrogens with zero attached hydrogens (tertiary/aromatic N) is 8. The van der Waals surface area contributed by atoms with Crippen LogP contribution in [0, 0.1) is 0 Å². The molecule has 0 bridgehead atoms. The summed E-state index contributed by atoms with van der Waals surface area (Å²) in [7, 11) is 0. The van der Waals surface area contributed by atoms with Crippen molar-refractivity contribution in [1.82, 2.24) is 55.1 Å². The van der Waals surface area contributed by atoms with Crippen LogP contribution in [0.3, 0.4) is 0 Å². The lowest BCUT2D eigenvalue weighted by Gasteiger charge is -2.10. The molecule has 18 heteroatoms. The molecule has 0 saturated heterocycles. The summed E-state index contributed by atoms with van der Waals surface area (Å²) >= 11 is 0. The lowest BCUT2D eigenvalue weighted by molar-refractivity contribution is -0.124. The first-order valence-corrected chi connectivity index (χ1v) is 31.0. The van der Waals surface area contributed by atoms with Gasteiger partial charge in [-0.3, -0.25) is 40.0 Å². The number of hydrogen-bond acceptors (Lipinski definition) is 12. The van der Waals surface area contributed by atoms with E-state index >= 15 is 0 Å². The van der Waals surface area contributed by atoms with Gasteiger partial charge in [0.15, 0.2) is 0 Å². The highest BCUT2D eigenvalue weighted by Crippen LogP contribution is 2.25. The van der Waals surface area contributed by atoms with Crippen LogP contribution < -0.4 is 16.4 Å². The molecule has 0 atom stereocenters. The van der Waals surface area contributed by atoms with Gasteiger partial charge in [-0.2, -0.15) is 0 Å². The lowest BCUT2D eigenvalue weighted by atomic mass is 10.1. The van der Waals surface area contributed by atoms with Crippen LogP contribution in [0.4, 0.5) is 0 Å². The number of fused-ring (bicyclic) bond motifs is 3. The Morgan fingerprint density at radius 2 is 0.691 bits per heavy atom. The van der Waals surface area contributed by atoms with Gasteiger partial charge in [-0.05, 0) is 149 Å². The molecular weight excluding hydrogens is 1180 g/mol. The molecule has 18 nitrogen and oxygen atoms in total. The number of imidazole rings is 3. The number of rotatable bonds is 25.